The smallest absolute Gasteiger partial charge is 0.125 e. The molecule has 0 amide bonds. The van der Waals surface area contributed by atoms with Crippen molar-refractivity contribution in [1.82, 2.24) is 5.32 Å². The van der Waals surface area contributed by atoms with E-state index in [1.54, 1.807) is 26.4 Å². The third-order valence-electron chi connectivity index (χ3n) is 7.85. The molecule has 1 heterocycles. The fourth-order valence-corrected chi connectivity index (χ4v) is 6.33. The number of nitrogens with one attached hydrogen (secondary N) is 1. The fraction of sp³-hybridized carbons (Fsp3) is 0.357. The van der Waals surface area contributed by atoms with Crippen molar-refractivity contribution in [2.75, 3.05) is 27.3 Å². The molecule has 0 unspecified atom stereocenters. The molecule has 5 rings (SSSR count). The van der Waals surface area contributed by atoms with Crippen molar-refractivity contribution in [3.05, 3.63) is 95.6 Å². The zero-order valence-electron chi connectivity index (χ0n) is 19.1. The lowest BCUT2D eigenvalue weighted by Crippen LogP contribution is -2.60. The van der Waals surface area contributed by atoms with Gasteiger partial charge in [0.25, 0.3) is 0 Å². The molecule has 1 aliphatic heterocycles. The van der Waals surface area contributed by atoms with Crippen LogP contribution in [-0.2, 0) is 11.0 Å². The Bertz CT molecular complexity index is 1060. The Morgan fingerprint density at radius 1 is 0.818 bits per heavy atom. The highest BCUT2D eigenvalue weighted by molar-refractivity contribution is 5.49. The van der Waals surface area contributed by atoms with E-state index in [-0.39, 0.29) is 11.8 Å². The van der Waals surface area contributed by atoms with Crippen LogP contribution in [0, 0.1) is 11.8 Å². The number of ether oxygens (including phenoxy) is 2. The summed E-state index contributed by atoms with van der Waals surface area (Å²) in [6, 6.07) is 26.2. The minimum absolute atomic E-state index is 0.0617. The summed E-state index contributed by atoms with van der Waals surface area (Å²) in [4.78, 5) is 0. The third-order valence-corrected chi connectivity index (χ3v) is 7.85. The van der Waals surface area contributed by atoms with Gasteiger partial charge < -0.3 is 25.0 Å². The van der Waals surface area contributed by atoms with E-state index in [9.17, 15) is 10.2 Å². The summed E-state index contributed by atoms with van der Waals surface area (Å²) in [6.07, 6.45) is -0.624. The molecule has 3 aromatic carbocycles. The normalized spacial score (nSPS) is 28.2. The number of aliphatic hydroxyl groups excluding tert-OH is 1. The first-order chi connectivity index (χ1) is 16.1. The predicted octanol–water partition coefficient (Wildman–Crippen LogP) is 3.48. The van der Waals surface area contributed by atoms with Gasteiger partial charge in [0.05, 0.1) is 20.3 Å². The van der Waals surface area contributed by atoms with Crippen molar-refractivity contribution in [3.8, 4) is 11.5 Å². The van der Waals surface area contributed by atoms with Crippen molar-refractivity contribution in [2.24, 2.45) is 11.8 Å². The minimum atomic E-state index is -1.49. The molecule has 0 aromatic heterocycles. The standard InChI is InChI=1S/C28H31NO4/c1-32-21-13-14-25(33-2)22(15-21)28(31)24-18-29-17-23(24)27(16-26(28)30,19-9-5-3-6-10-19)20-11-7-4-8-12-20/h3-15,23-24,26,29-31H,16-18H2,1-2H3/t23-,24+,26-,28+/m1/s1. The van der Waals surface area contributed by atoms with Gasteiger partial charge in [0, 0.05) is 23.4 Å². The number of benzene rings is 3. The molecule has 0 radical (unpaired) electrons. The average Bonchev–Trinajstić information content (AvgIpc) is 3.38. The molecule has 1 aliphatic carbocycles. The van der Waals surface area contributed by atoms with Crippen molar-refractivity contribution >= 4 is 0 Å². The first-order valence-electron chi connectivity index (χ1n) is 11.5. The topological polar surface area (TPSA) is 71.0 Å². The number of methoxy groups -OCH3 is 2. The Balaban J connectivity index is 1.71. The SMILES string of the molecule is COc1ccc(OC)c([C@@]2(O)[C@H](O)CC(c3ccccc3)(c3ccccc3)[C@@H]3CNC[C@@H]32)c1. The summed E-state index contributed by atoms with van der Waals surface area (Å²) in [5.41, 5.74) is 0.975. The van der Waals surface area contributed by atoms with Gasteiger partial charge in [-0.3, -0.25) is 0 Å². The Labute approximate surface area is 195 Å². The van der Waals surface area contributed by atoms with E-state index in [0.717, 1.165) is 17.7 Å². The van der Waals surface area contributed by atoms with Crippen LogP contribution in [0.15, 0.2) is 78.9 Å². The molecule has 4 atom stereocenters. The summed E-state index contributed by atoms with van der Waals surface area (Å²) < 4.78 is 11.1. The first kappa shape index (κ1) is 22.0. The summed E-state index contributed by atoms with van der Waals surface area (Å²) in [5, 5.41) is 27.6. The second kappa shape index (κ2) is 8.49. The molecule has 1 saturated carbocycles. The maximum Gasteiger partial charge on any atom is 0.125 e. The lowest BCUT2D eigenvalue weighted by atomic mass is 9.51. The van der Waals surface area contributed by atoms with Crippen LogP contribution in [0.3, 0.4) is 0 Å². The van der Waals surface area contributed by atoms with Gasteiger partial charge in [-0.25, -0.2) is 0 Å². The van der Waals surface area contributed by atoms with Crippen LogP contribution in [0.1, 0.15) is 23.1 Å². The van der Waals surface area contributed by atoms with Crippen LogP contribution in [0.25, 0.3) is 0 Å². The predicted molar refractivity (Wildman–Crippen MR) is 128 cm³/mol. The van der Waals surface area contributed by atoms with E-state index in [4.69, 9.17) is 9.47 Å². The molecular weight excluding hydrogens is 414 g/mol. The Morgan fingerprint density at radius 2 is 1.42 bits per heavy atom. The van der Waals surface area contributed by atoms with Gasteiger partial charge in [-0.1, -0.05) is 60.7 Å². The zero-order valence-corrected chi connectivity index (χ0v) is 19.1. The summed E-state index contributed by atoms with van der Waals surface area (Å²) in [7, 11) is 3.19. The highest BCUT2D eigenvalue weighted by atomic mass is 16.5. The molecule has 172 valence electrons. The van der Waals surface area contributed by atoms with Gasteiger partial charge >= 0.3 is 0 Å². The average molecular weight is 446 g/mol. The van der Waals surface area contributed by atoms with Gasteiger partial charge in [-0.15, -0.1) is 0 Å². The Hall–Kier alpha value is -2.86. The monoisotopic (exact) mass is 445 g/mol. The molecule has 0 bridgehead atoms. The molecule has 0 spiro atoms. The quantitative estimate of drug-likeness (QED) is 0.561. The number of fused-ring (bicyclic) bond motifs is 1. The van der Waals surface area contributed by atoms with Crippen LogP contribution >= 0.6 is 0 Å². The molecule has 1 saturated heterocycles. The second-order valence-electron chi connectivity index (χ2n) is 9.19. The Morgan fingerprint density at radius 3 is 2.00 bits per heavy atom. The first-order valence-corrected chi connectivity index (χ1v) is 11.5. The lowest BCUT2D eigenvalue weighted by molar-refractivity contribution is -0.167. The van der Waals surface area contributed by atoms with Gasteiger partial charge in [0.2, 0.25) is 0 Å². The van der Waals surface area contributed by atoms with Crippen LogP contribution in [0.2, 0.25) is 0 Å². The largest absolute Gasteiger partial charge is 0.497 e. The van der Waals surface area contributed by atoms with E-state index < -0.39 is 17.1 Å². The molecule has 2 fully saturated rings. The summed E-state index contributed by atoms with van der Waals surface area (Å²) in [5.74, 6) is 1.00. The molecule has 2 aliphatic rings. The van der Waals surface area contributed by atoms with Gasteiger partial charge in [0.15, 0.2) is 0 Å². The maximum absolute atomic E-state index is 12.3. The number of hydrogen-bond donors (Lipinski definition) is 3. The number of aliphatic hydroxyl groups is 2. The van der Waals surface area contributed by atoms with Crippen LogP contribution in [-0.4, -0.2) is 43.6 Å². The molecule has 5 nitrogen and oxygen atoms in total. The van der Waals surface area contributed by atoms with Crippen molar-refractivity contribution < 1.29 is 19.7 Å². The van der Waals surface area contributed by atoms with Crippen molar-refractivity contribution in [3.63, 3.8) is 0 Å². The fourth-order valence-electron chi connectivity index (χ4n) is 6.33. The Kier molecular flexibility index (Phi) is 5.65. The van der Waals surface area contributed by atoms with E-state index >= 15 is 0 Å². The summed E-state index contributed by atoms with van der Waals surface area (Å²) in [6.45, 7) is 1.34. The molecular formula is C28H31NO4. The highest BCUT2D eigenvalue weighted by Gasteiger charge is 2.63. The van der Waals surface area contributed by atoms with Gasteiger partial charge in [0.1, 0.15) is 17.1 Å². The maximum atomic E-state index is 12.3. The van der Waals surface area contributed by atoms with Crippen LogP contribution in [0.5, 0.6) is 11.5 Å². The van der Waals surface area contributed by atoms with E-state index in [2.05, 4.69) is 53.8 Å². The number of rotatable bonds is 5. The van der Waals surface area contributed by atoms with E-state index in [1.807, 2.05) is 18.2 Å². The number of hydrogen-bond acceptors (Lipinski definition) is 5. The van der Waals surface area contributed by atoms with Crippen LogP contribution in [0.4, 0.5) is 0 Å². The zero-order chi connectivity index (χ0) is 23.1. The summed E-state index contributed by atoms with van der Waals surface area (Å²) >= 11 is 0. The third kappa shape index (κ3) is 3.26. The van der Waals surface area contributed by atoms with Crippen LogP contribution < -0.4 is 14.8 Å². The lowest BCUT2D eigenvalue weighted by Gasteiger charge is -2.55. The minimum Gasteiger partial charge on any atom is -0.497 e. The highest BCUT2D eigenvalue weighted by Crippen LogP contribution is 2.59. The van der Waals surface area contributed by atoms with Crippen molar-refractivity contribution in [1.29, 1.82) is 0 Å². The molecule has 3 aromatic rings. The van der Waals surface area contributed by atoms with Crippen molar-refractivity contribution in [2.45, 2.75) is 23.5 Å². The van der Waals surface area contributed by atoms with Gasteiger partial charge in [-0.05, 0) is 48.2 Å². The van der Waals surface area contributed by atoms with Gasteiger partial charge in [-0.2, -0.15) is 0 Å². The van der Waals surface area contributed by atoms with E-state index in [1.165, 1.54) is 0 Å². The molecule has 33 heavy (non-hydrogen) atoms. The molecule has 5 heteroatoms. The van der Waals surface area contributed by atoms with E-state index in [0.29, 0.717) is 30.0 Å². The molecule has 3 N–H and O–H groups in total. The second-order valence-corrected chi connectivity index (χ2v) is 9.19.